The highest BCUT2D eigenvalue weighted by Gasteiger charge is 1.99. The van der Waals surface area contributed by atoms with E-state index in [1.54, 1.807) is 18.0 Å². The first-order chi connectivity index (χ1) is 6.33. The molecule has 0 atom stereocenters. The average molecular weight is 264 g/mol. The minimum atomic E-state index is 0.802. The smallest absolute Gasteiger partial charge is 0.255 e. The molecule has 2 nitrogen and oxygen atoms in total. The van der Waals surface area contributed by atoms with Crippen LogP contribution in [0.25, 0.3) is 0 Å². The molecule has 4 heteroatoms. The quantitative estimate of drug-likeness (QED) is 0.445. The molecule has 1 rings (SSSR count). The number of thioether (sulfide) groups is 1. The van der Waals surface area contributed by atoms with E-state index in [0.29, 0.717) is 0 Å². The van der Waals surface area contributed by atoms with Gasteiger partial charge in [0.1, 0.15) is 6.26 Å². The van der Waals surface area contributed by atoms with Crippen molar-refractivity contribution in [2.24, 2.45) is 0 Å². The lowest BCUT2D eigenvalue weighted by Gasteiger charge is -1.95. The van der Waals surface area contributed by atoms with E-state index in [1.807, 2.05) is 6.92 Å². The maximum atomic E-state index is 5.21. The lowest BCUT2D eigenvalue weighted by Crippen LogP contribution is -1.82. The van der Waals surface area contributed by atoms with E-state index in [2.05, 4.69) is 20.9 Å². The normalized spacial score (nSPS) is 10.6. The van der Waals surface area contributed by atoms with Crippen LogP contribution in [0.2, 0.25) is 0 Å². The van der Waals surface area contributed by atoms with Crippen molar-refractivity contribution < 1.29 is 4.42 Å². The molecule has 1 aromatic rings. The van der Waals surface area contributed by atoms with Crippen LogP contribution in [-0.4, -0.2) is 16.1 Å². The summed E-state index contributed by atoms with van der Waals surface area (Å²) in [7, 11) is 0. The summed E-state index contributed by atoms with van der Waals surface area (Å²) >= 11 is 5.11. The largest absolute Gasteiger partial charge is 0.440 e. The van der Waals surface area contributed by atoms with Crippen LogP contribution in [0.5, 0.6) is 0 Å². The van der Waals surface area contributed by atoms with Crippen molar-refractivity contribution in [2.45, 2.75) is 31.4 Å². The molecule has 0 fully saturated rings. The molecule has 0 unspecified atom stereocenters. The van der Waals surface area contributed by atoms with Gasteiger partial charge in [-0.1, -0.05) is 34.1 Å². The predicted octanol–water partition coefficient (Wildman–Crippen LogP) is 3.64. The van der Waals surface area contributed by atoms with Gasteiger partial charge in [0.15, 0.2) is 0 Å². The molecule has 0 radical (unpaired) electrons. The van der Waals surface area contributed by atoms with Crippen molar-refractivity contribution in [1.82, 2.24) is 4.98 Å². The van der Waals surface area contributed by atoms with Gasteiger partial charge in [-0.25, -0.2) is 4.98 Å². The van der Waals surface area contributed by atoms with Crippen molar-refractivity contribution in [1.29, 1.82) is 0 Å². The third-order valence-electron chi connectivity index (χ3n) is 1.60. The van der Waals surface area contributed by atoms with Crippen molar-refractivity contribution in [3.05, 3.63) is 12.0 Å². The van der Waals surface area contributed by atoms with Crippen molar-refractivity contribution >= 4 is 27.7 Å². The summed E-state index contributed by atoms with van der Waals surface area (Å²) in [6.45, 7) is 1.94. The van der Waals surface area contributed by atoms with E-state index < -0.39 is 0 Å². The number of hydrogen-bond donors (Lipinski definition) is 0. The zero-order chi connectivity index (χ0) is 9.52. The summed E-state index contributed by atoms with van der Waals surface area (Å²) in [6.07, 6.45) is 5.46. The molecule has 0 aliphatic rings. The molecular formula is C9H14BrNOS. The van der Waals surface area contributed by atoms with Gasteiger partial charge in [-0.05, 0) is 19.8 Å². The van der Waals surface area contributed by atoms with Crippen LogP contribution in [0.4, 0.5) is 0 Å². The Kier molecular flexibility index (Phi) is 5.55. The first kappa shape index (κ1) is 11.1. The summed E-state index contributed by atoms with van der Waals surface area (Å²) in [5, 5.41) is 1.91. The summed E-state index contributed by atoms with van der Waals surface area (Å²) in [5.41, 5.74) is 0.961. The van der Waals surface area contributed by atoms with Gasteiger partial charge in [-0.2, -0.15) is 0 Å². The molecule has 1 aromatic heterocycles. The Morgan fingerprint density at radius 2 is 2.31 bits per heavy atom. The fourth-order valence-electron chi connectivity index (χ4n) is 0.931. The van der Waals surface area contributed by atoms with Crippen molar-refractivity contribution in [3.63, 3.8) is 0 Å². The molecule has 0 saturated heterocycles. The molecular weight excluding hydrogens is 250 g/mol. The molecule has 74 valence electrons. The van der Waals surface area contributed by atoms with Crippen LogP contribution >= 0.6 is 27.7 Å². The second-order valence-corrected chi connectivity index (χ2v) is 4.69. The monoisotopic (exact) mass is 263 g/mol. The maximum absolute atomic E-state index is 5.21. The summed E-state index contributed by atoms with van der Waals surface area (Å²) < 4.78 is 5.21. The van der Waals surface area contributed by atoms with Gasteiger partial charge in [0, 0.05) is 11.1 Å². The maximum Gasteiger partial charge on any atom is 0.255 e. The molecule has 0 N–H and O–H groups in total. The highest BCUT2D eigenvalue weighted by molar-refractivity contribution is 9.09. The Morgan fingerprint density at radius 3 is 2.92 bits per heavy atom. The highest BCUT2D eigenvalue weighted by atomic mass is 79.9. The third-order valence-corrected chi connectivity index (χ3v) is 3.09. The van der Waals surface area contributed by atoms with E-state index in [-0.39, 0.29) is 0 Å². The van der Waals surface area contributed by atoms with Gasteiger partial charge in [0.05, 0.1) is 5.69 Å². The van der Waals surface area contributed by atoms with E-state index in [9.17, 15) is 0 Å². The second kappa shape index (κ2) is 6.49. The fourth-order valence-corrected chi connectivity index (χ4v) is 2.18. The molecule has 0 spiro atoms. The Morgan fingerprint density at radius 1 is 1.46 bits per heavy atom. The molecule has 0 aliphatic heterocycles. The first-order valence-corrected chi connectivity index (χ1v) is 6.54. The van der Waals surface area contributed by atoms with Gasteiger partial charge in [-0.15, -0.1) is 0 Å². The molecule has 0 aliphatic carbocycles. The van der Waals surface area contributed by atoms with Gasteiger partial charge in [-0.3, -0.25) is 0 Å². The van der Waals surface area contributed by atoms with Crippen molar-refractivity contribution in [3.8, 4) is 0 Å². The predicted molar refractivity (Wildman–Crippen MR) is 59.6 cm³/mol. The van der Waals surface area contributed by atoms with E-state index in [1.165, 1.54) is 19.3 Å². The molecule has 0 bridgehead atoms. The van der Waals surface area contributed by atoms with Gasteiger partial charge >= 0.3 is 0 Å². The minimum Gasteiger partial charge on any atom is -0.440 e. The van der Waals surface area contributed by atoms with Crippen LogP contribution in [0.1, 0.15) is 25.0 Å². The number of aromatic nitrogens is 1. The standard InChI is InChI=1S/C9H14BrNOS/c1-8-7-12-9(11-8)13-6-4-2-3-5-10/h7H,2-6H2,1H3. The molecule has 0 amide bonds. The summed E-state index contributed by atoms with van der Waals surface area (Å²) in [4.78, 5) is 4.22. The average Bonchev–Trinajstić information content (AvgIpc) is 2.51. The van der Waals surface area contributed by atoms with Gasteiger partial charge < -0.3 is 4.42 Å². The molecule has 0 aromatic carbocycles. The van der Waals surface area contributed by atoms with E-state index >= 15 is 0 Å². The lowest BCUT2D eigenvalue weighted by molar-refractivity contribution is 0.454. The van der Waals surface area contributed by atoms with Gasteiger partial charge in [0.25, 0.3) is 5.22 Å². The van der Waals surface area contributed by atoms with Crippen LogP contribution in [-0.2, 0) is 0 Å². The topological polar surface area (TPSA) is 26.0 Å². The first-order valence-electron chi connectivity index (χ1n) is 4.44. The number of aryl methyl sites for hydroxylation is 1. The SMILES string of the molecule is Cc1coc(SCCCCCBr)n1. The second-order valence-electron chi connectivity index (χ2n) is 2.85. The van der Waals surface area contributed by atoms with Crippen molar-refractivity contribution in [2.75, 3.05) is 11.1 Å². The molecule has 1 heterocycles. The summed E-state index contributed by atoms with van der Waals surface area (Å²) in [6, 6.07) is 0. The highest BCUT2D eigenvalue weighted by Crippen LogP contribution is 2.18. The van der Waals surface area contributed by atoms with Crippen LogP contribution < -0.4 is 0 Å². The van der Waals surface area contributed by atoms with Crippen LogP contribution in [0, 0.1) is 6.92 Å². The fraction of sp³-hybridized carbons (Fsp3) is 0.667. The Bertz CT molecular complexity index is 239. The Balaban J connectivity index is 2.06. The number of unbranched alkanes of at least 4 members (excludes halogenated alkanes) is 2. The number of hydrogen-bond acceptors (Lipinski definition) is 3. The summed E-state index contributed by atoms with van der Waals surface area (Å²) in [5.74, 6) is 1.10. The van der Waals surface area contributed by atoms with Crippen LogP contribution in [0.15, 0.2) is 15.9 Å². The zero-order valence-electron chi connectivity index (χ0n) is 7.75. The number of halogens is 1. The molecule has 0 saturated carbocycles. The molecule has 13 heavy (non-hydrogen) atoms. The number of oxazole rings is 1. The Hall–Kier alpha value is 0.0400. The third kappa shape index (κ3) is 4.72. The van der Waals surface area contributed by atoms with Gasteiger partial charge in [0.2, 0.25) is 0 Å². The van der Waals surface area contributed by atoms with E-state index in [0.717, 1.165) is 22.0 Å². The number of nitrogens with zero attached hydrogens (tertiary/aromatic N) is 1. The van der Waals surface area contributed by atoms with Crippen LogP contribution in [0.3, 0.4) is 0 Å². The Labute approximate surface area is 91.6 Å². The number of alkyl halides is 1. The van der Waals surface area contributed by atoms with E-state index in [4.69, 9.17) is 4.42 Å². The lowest BCUT2D eigenvalue weighted by atomic mass is 10.3. The minimum absolute atomic E-state index is 0.802. The zero-order valence-corrected chi connectivity index (χ0v) is 10.2. The number of rotatable bonds is 6.